The monoisotopic (exact) mass is 374 g/mol. The molecule has 0 heterocycles. The zero-order chi connectivity index (χ0) is 19.2. The summed E-state index contributed by atoms with van der Waals surface area (Å²) in [5, 5.41) is 2.81. The smallest absolute Gasteiger partial charge is 0.241 e. The molecule has 140 valence electrons. The summed E-state index contributed by atoms with van der Waals surface area (Å²) in [4.78, 5) is 12.2. The first-order chi connectivity index (χ1) is 12.3. The lowest BCUT2D eigenvalue weighted by Gasteiger charge is -2.13. The molecule has 0 aliphatic carbocycles. The van der Waals surface area contributed by atoms with Crippen molar-refractivity contribution in [3.05, 3.63) is 64.7 Å². The molecule has 0 radical (unpaired) electrons. The van der Waals surface area contributed by atoms with E-state index in [1.54, 1.807) is 13.8 Å². The first-order valence-corrected chi connectivity index (χ1v) is 10.2. The van der Waals surface area contributed by atoms with Crippen LogP contribution < -0.4 is 10.0 Å². The van der Waals surface area contributed by atoms with Crippen LogP contribution in [0.3, 0.4) is 0 Å². The minimum absolute atomic E-state index is 0.0757. The third kappa shape index (κ3) is 5.68. The molecule has 0 aliphatic heterocycles. The molecule has 6 heteroatoms. The van der Waals surface area contributed by atoms with Gasteiger partial charge in [0.15, 0.2) is 0 Å². The standard InChI is InChI=1S/C20H26N2O3S/c1-15-13-16(2)20(17(3)14-15)26(24,25)22-12-10-19(23)21-11-9-18-7-5-4-6-8-18/h4-8,13-14,22H,9-12H2,1-3H3,(H,21,23). The van der Waals surface area contributed by atoms with Gasteiger partial charge in [0.05, 0.1) is 4.90 Å². The first kappa shape index (κ1) is 20.1. The molecule has 0 fully saturated rings. The van der Waals surface area contributed by atoms with Gasteiger partial charge in [0.25, 0.3) is 0 Å². The quantitative estimate of drug-likeness (QED) is 0.746. The SMILES string of the molecule is Cc1cc(C)c(S(=O)(=O)NCCC(=O)NCCc2ccccc2)c(C)c1. The molecule has 2 aromatic carbocycles. The summed E-state index contributed by atoms with van der Waals surface area (Å²) < 4.78 is 27.6. The van der Waals surface area contributed by atoms with Crippen LogP contribution in [0, 0.1) is 20.8 Å². The lowest BCUT2D eigenvalue weighted by Crippen LogP contribution is -2.32. The summed E-state index contributed by atoms with van der Waals surface area (Å²) in [5.74, 6) is -0.166. The molecule has 0 saturated heterocycles. The largest absolute Gasteiger partial charge is 0.356 e. The molecule has 26 heavy (non-hydrogen) atoms. The highest BCUT2D eigenvalue weighted by Gasteiger charge is 2.19. The maximum absolute atomic E-state index is 12.5. The fraction of sp³-hybridized carbons (Fsp3) is 0.350. The van der Waals surface area contributed by atoms with Crippen molar-refractivity contribution in [3.8, 4) is 0 Å². The van der Waals surface area contributed by atoms with E-state index in [0.717, 1.165) is 17.5 Å². The van der Waals surface area contributed by atoms with Crippen LogP contribution in [0.1, 0.15) is 28.7 Å². The second kappa shape index (κ2) is 8.96. The van der Waals surface area contributed by atoms with E-state index in [4.69, 9.17) is 0 Å². The lowest BCUT2D eigenvalue weighted by atomic mass is 10.1. The summed E-state index contributed by atoms with van der Waals surface area (Å²) in [7, 11) is -3.63. The van der Waals surface area contributed by atoms with Crippen molar-refractivity contribution in [3.63, 3.8) is 0 Å². The molecule has 0 unspecified atom stereocenters. The van der Waals surface area contributed by atoms with Crippen LogP contribution >= 0.6 is 0 Å². The number of hydrogen-bond acceptors (Lipinski definition) is 3. The molecule has 0 aromatic heterocycles. The molecule has 5 nitrogen and oxygen atoms in total. The van der Waals surface area contributed by atoms with Crippen molar-refractivity contribution in [2.45, 2.75) is 38.5 Å². The zero-order valence-corrected chi connectivity index (χ0v) is 16.3. The molecule has 2 N–H and O–H groups in total. The van der Waals surface area contributed by atoms with Crippen LogP contribution in [0.15, 0.2) is 47.4 Å². The Bertz CT molecular complexity index is 839. The number of rotatable bonds is 8. The molecule has 1 amide bonds. The highest BCUT2D eigenvalue weighted by Crippen LogP contribution is 2.21. The Hall–Kier alpha value is -2.18. The Morgan fingerprint density at radius 3 is 2.19 bits per heavy atom. The third-order valence-corrected chi connectivity index (χ3v) is 5.86. The number of carbonyl (C=O) groups is 1. The molecule has 0 spiro atoms. The van der Waals surface area contributed by atoms with Gasteiger partial charge in [-0.15, -0.1) is 0 Å². The van der Waals surface area contributed by atoms with E-state index in [0.29, 0.717) is 22.6 Å². The third-order valence-electron chi connectivity index (χ3n) is 4.10. The molecule has 2 aromatic rings. The van der Waals surface area contributed by atoms with Gasteiger partial charge in [-0.1, -0.05) is 48.0 Å². The Morgan fingerprint density at radius 1 is 0.962 bits per heavy atom. The number of carbonyl (C=O) groups excluding carboxylic acids is 1. The predicted octanol–water partition coefficient (Wildman–Crippen LogP) is 2.64. The predicted molar refractivity (Wildman–Crippen MR) is 104 cm³/mol. The lowest BCUT2D eigenvalue weighted by molar-refractivity contribution is -0.120. The minimum Gasteiger partial charge on any atom is -0.356 e. The summed E-state index contributed by atoms with van der Waals surface area (Å²) in [6.07, 6.45) is 0.859. The second-order valence-electron chi connectivity index (χ2n) is 6.46. The van der Waals surface area contributed by atoms with Crippen LogP contribution in [0.2, 0.25) is 0 Å². The highest BCUT2D eigenvalue weighted by atomic mass is 32.2. The normalized spacial score (nSPS) is 11.3. The van der Waals surface area contributed by atoms with Crippen molar-refractivity contribution in [1.82, 2.24) is 10.0 Å². The number of benzene rings is 2. The number of aryl methyl sites for hydroxylation is 3. The van der Waals surface area contributed by atoms with E-state index in [9.17, 15) is 13.2 Å². The average Bonchev–Trinajstić information content (AvgIpc) is 2.54. The van der Waals surface area contributed by atoms with E-state index in [1.807, 2.05) is 49.4 Å². The van der Waals surface area contributed by atoms with Gasteiger partial charge in [0.1, 0.15) is 0 Å². The molecule has 0 saturated carbocycles. The maximum atomic E-state index is 12.5. The van der Waals surface area contributed by atoms with Crippen molar-refractivity contribution in [2.24, 2.45) is 0 Å². The molecule has 0 bridgehead atoms. The minimum atomic E-state index is -3.63. The van der Waals surface area contributed by atoms with Crippen LogP contribution in [-0.2, 0) is 21.2 Å². The van der Waals surface area contributed by atoms with Gasteiger partial charge in [-0.3, -0.25) is 4.79 Å². The van der Waals surface area contributed by atoms with E-state index in [-0.39, 0.29) is 18.9 Å². The van der Waals surface area contributed by atoms with Crippen LogP contribution in [0.4, 0.5) is 0 Å². The topological polar surface area (TPSA) is 75.3 Å². The van der Waals surface area contributed by atoms with Crippen molar-refractivity contribution in [1.29, 1.82) is 0 Å². The van der Waals surface area contributed by atoms with Gasteiger partial charge >= 0.3 is 0 Å². The fourth-order valence-electron chi connectivity index (χ4n) is 3.04. The van der Waals surface area contributed by atoms with Crippen LogP contribution in [0.25, 0.3) is 0 Å². The van der Waals surface area contributed by atoms with Gasteiger partial charge < -0.3 is 5.32 Å². The molecule has 0 aliphatic rings. The Labute approximate surface area is 155 Å². The van der Waals surface area contributed by atoms with Crippen LogP contribution in [-0.4, -0.2) is 27.4 Å². The van der Waals surface area contributed by atoms with E-state index < -0.39 is 10.0 Å². The molecular formula is C20H26N2O3S. The highest BCUT2D eigenvalue weighted by molar-refractivity contribution is 7.89. The Morgan fingerprint density at radius 2 is 1.58 bits per heavy atom. The number of amides is 1. The average molecular weight is 375 g/mol. The Balaban J connectivity index is 1.82. The summed E-state index contributed by atoms with van der Waals surface area (Å²) in [6.45, 7) is 6.11. The molecule has 0 atom stereocenters. The van der Waals surface area contributed by atoms with Crippen molar-refractivity contribution in [2.75, 3.05) is 13.1 Å². The van der Waals surface area contributed by atoms with Gasteiger partial charge in [-0.25, -0.2) is 13.1 Å². The summed E-state index contributed by atoms with van der Waals surface area (Å²) >= 11 is 0. The van der Waals surface area contributed by atoms with Gasteiger partial charge in [0.2, 0.25) is 15.9 Å². The van der Waals surface area contributed by atoms with Crippen LogP contribution in [0.5, 0.6) is 0 Å². The number of hydrogen-bond donors (Lipinski definition) is 2. The van der Waals surface area contributed by atoms with Gasteiger partial charge in [-0.05, 0) is 43.9 Å². The van der Waals surface area contributed by atoms with Crippen molar-refractivity contribution < 1.29 is 13.2 Å². The summed E-state index contributed by atoms with van der Waals surface area (Å²) in [5.41, 5.74) is 3.60. The molecule has 2 rings (SSSR count). The van der Waals surface area contributed by atoms with E-state index in [2.05, 4.69) is 10.0 Å². The Kier molecular flexibility index (Phi) is 6.94. The first-order valence-electron chi connectivity index (χ1n) is 8.68. The van der Waals surface area contributed by atoms with E-state index in [1.165, 1.54) is 0 Å². The maximum Gasteiger partial charge on any atom is 0.241 e. The summed E-state index contributed by atoms with van der Waals surface area (Å²) in [6, 6.07) is 13.6. The van der Waals surface area contributed by atoms with E-state index >= 15 is 0 Å². The van der Waals surface area contributed by atoms with Gasteiger partial charge in [-0.2, -0.15) is 0 Å². The van der Waals surface area contributed by atoms with Crippen molar-refractivity contribution >= 4 is 15.9 Å². The number of sulfonamides is 1. The number of nitrogens with one attached hydrogen (secondary N) is 2. The second-order valence-corrected chi connectivity index (χ2v) is 8.16. The zero-order valence-electron chi connectivity index (χ0n) is 15.5. The fourth-order valence-corrected chi connectivity index (χ4v) is 4.52. The van der Waals surface area contributed by atoms with Gasteiger partial charge in [0, 0.05) is 19.5 Å². The molecular weight excluding hydrogens is 348 g/mol.